The fraction of sp³-hybridized carbons (Fsp3) is 0.688. The molecule has 0 spiro atoms. The summed E-state index contributed by atoms with van der Waals surface area (Å²) in [6.45, 7) is 1.30. The highest BCUT2D eigenvalue weighted by Gasteiger charge is 2.23. The summed E-state index contributed by atoms with van der Waals surface area (Å²) in [7, 11) is 0. The molecule has 2 rings (SSSR count). The lowest BCUT2D eigenvalue weighted by atomic mass is 9.95. The molecule has 1 aliphatic carbocycles. The summed E-state index contributed by atoms with van der Waals surface area (Å²) in [6.07, 6.45) is 8.46. The minimum atomic E-state index is -0.286. The van der Waals surface area contributed by atoms with Crippen LogP contribution in [-0.4, -0.2) is 35.8 Å². The SMILES string of the molecule is N#C/C(=C/N1CCC(C(N)=O)CC1)C(=O)NC1CCCCC1. The van der Waals surface area contributed by atoms with E-state index in [1.807, 2.05) is 11.0 Å². The smallest absolute Gasteiger partial charge is 0.263 e. The number of likely N-dealkylation sites (tertiary alicyclic amines) is 1. The molecule has 2 aliphatic rings. The van der Waals surface area contributed by atoms with Crippen molar-refractivity contribution in [1.29, 1.82) is 5.26 Å². The molecule has 3 N–H and O–H groups in total. The number of nitriles is 1. The third-order valence-electron chi connectivity index (χ3n) is 4.55. The molecule has 0 aromatic carbocycles. The van der Waals surface area contributed by atoms with Crippen molar-refractivity contribution in [2.45, 2.75) is 51.0 Å². The van der Waals surface area contributed by atoms with E-state index in [1.165, 1.54) is 6.42 Å². The summed E-state index contributed by atoms with van der Waals surface area (Å²) >= 11 is 0. The van der Waals surface area contributed by atoms with Gasteiger partial charge in [-0.25, -0.2) is 0 Å². The van der Waals surface area contributed by atoms with Gasteiger partial charge in [0.25, 0.3) is 5.91 Å². The van der Waals surface area contributed by atoms with Crippen LogP contribution in [0.4, 0.5) is 0 Å². The Morgan fingerprint density at radius 2 is 1.77 bits per heavy atom. The van der Waals surface area contributed by atoms with Gasteiger partial charge >= 0.3 is 0 Å². The molecule has 0 unspecified atom stereocenters. The zero-order chi connectivity index (χ0) is 15.9. The van der Waals surface area contributed by atoms with Gasteiger partial charge in [0, 0.05) is 31.2 Å². The molecule has 1 saturated heterocycles. The van der Waals surface area contributed by atoms with Crippen LogP contribution in [0.25, 0.3) is 0 Å². The van der Waals surface area contributed by atoms with E-state index in [4.69, 9.17) is 5.73 Å². The van der Waals surface area contributed by atoms with Gasteiger partial charge in [0.1, 0.15) is 11.6 Å². The van der Waals surface area contributed by atoms with E-state index in [-0.39, 0.29) is 29.3 Å². The lowest BCUT2D eigenvalue weighted by molar-refractivity contribution is -0.123. The van der Waals surface area contributed by atoms with E-state index in [0.717, 1.165) is 25.7 Å². The summed E-state index contributed by atoms with van der Waals surface area (Å²) in [4.78, 5) is 25.3. The van der Waals surface area contributed by atoms with Crippen LogP contribution in [0.3, 0.4) is 0 Å². The monoisotopic (exact) mass is 304 g/mol. The van der Waals surface area contributed by atoms with Crippen molar-refractivity contribution in [3.63, 3.8) is 0 Å². The van der Waals surface area contributed by atoms with Crippen molar-refractivity contribution >= 4 is 11.8 Å². The number of primary amides is 1. The maximum atomic E-state index is 12.2. The largest absolute Gasteiger partial charge is 0.376 e. The Bertz CT molecular complexity index is 481. The molecular formula is C16H24N4O2. The molecule has 2 amide bonds. The van der Waals surface area contributed by atoms with Crippen LogP contribution in [-0.2, 0) is 9.59 Å². The maximum absolute atomic E-state index is 12.2. The highest BCUT2D eigenvalue weighted by Crippen LogP contribution is 2.19. The molecule has 0 radical (unpaired) electrons. The van der Waals surface area contributed by atoms with E-state index in [9.17, 15) is 14.9 Å². The van der Waals surface area contributed by atoms with Gasteiger partial charge in [-0.05, 0) is 25.7 Å². The van der Waals surface area contributed by atoms with Gasteiger partial charge in [-0.1, -0.05) is 19.3 Å². The van der Waals surface area contributed by atoms with Crippen LogP contribution in [0.5, 0.6) is 0 Å². The van der Waals surface area contributed by atoms with Gasteiger partial charge < -0.3 is 16.0 Å². The standard InChI is InChI=1S/C16H24N4O2/c17-10-13(16(22)19-14-4-2-1-3-5-14)11-20-8-6-12(7-9-20)15(18)21/h11-12,14H,1-9H2,(H2,18,21)(H,19,22)/b13-11-. The first kappa shape index (κ1) is 16.3. The Hall–Kier alpha value is -2.03. The minimum Gasteiger partial charge on any atom is -0.376 e. The zero-order valence-electron chi connectivity index (χ0n) is 12.9. The van der Waals surface area contributed by atoms with Crippen LogP contribution in [0.2, 0.25) is 0 Å². The fourth-order valence-corrected chi connectivity index (χ4v) is 3.14. The predicted octanol–water partition coefficient (Wildman–Crippen LogP) is 1.04. The summed E-state index contributed by atoms with van der Waals surface area (Å²) in [5.74, 6) is -0.642. The number of hydrogen-bond donors (Lipinski definition) is 2. The molecule has 6 nitrogen and oxygen atoms in total. The molecule has 0 bridgehead atoms. The van der Waals surface area contributed by atoms with E-state index >= 15 is 0 Å². The molecule has 1 aliphatic heterocycles. The number of rotatable bonds is 4. The first-order valence-corrected chi connectivity index (χ1v) is 8.06. The van der Waals surface area contributed by atoms with Crippen LogP contribution < -0.4 is 11.1 Å². The van der Waals surface area contributed by atoms with Gasteiger partial charge in [-0.15, -0.1) is 0 Å². The van der Waals surface area contributed by atoms with Crippen molar-refractivity contribution < 1.29 is 9.59 Å². The van der Waals surface area contributed by atoms with E-state index in [1.54, 1.807) is 6.20 Å². The molecular weight excluding hydrogens is 280 g/mol. The van der Waals surface area contributed by atoms with Gasteiger partial charge in [0.2, 0.25) is 5.91 Å². The third-order valence-corrected chi connectivity index (χ3v) is 4.55. The maximum Gasteiger partial charge on any atom is 0.263 e. The molecule has 2 fully saturated rings. The van der Waals surface area contributed by atoms with Crippen LogP contribution in [0.15, 0.2) is 11.8 Å². The molecule has 22 heavy (non-hydrogen) atoms. The lowest BCUT2D eigenvalue weighted by Gasteiger charge is -2.29. The number of nitrogens with zero attached hydrogens (tertiary/aromatic N) is 2. The summed E-state index contributed by atoms with van der Waals surface area (Å²) < 4.78 is 0. The summed E-state index contributed by atoms with van der Waals surface area (Å²) in [6, 6.07) is 2.18. The quantitative estimate of drug-likeness (QED) is 0.598. The topological polar surface area (TPSA) is 99.2 Å². The second-order valence-electron chi connectivity index (χ2n) is 6.18. The summed E-state index contributed by atoms with van der Waals surface area (Å²) in [5.41, 5.74) is 5.44. The van der Waals surface area contributed by atoms with Gasteiger partial charge in [-0.2, -0.15) is 5.26 Å². The number of carbonyl (C=O) groups excluding carboxylic acids is 2. The number of nitrogens with one attached hydrogen (secondary N) is 1. The number of hydrogen-bond acceptors (Lipinski definition) is 4. The van der Waals surface area contributed by atoms with Crippen LogP contribution >= 0.6 is 0 Å². The highest BCUT2D eigenvalue weighted by molar-refractivity contribution is 5.97. The Labute approximate surface area is 131 Å². The van der Waals surface area contributed by atoms with Crippen molar-refractivity contribution in [2.24, 2.45) is 11.7 Å². The normalized spacial score (nSPS) is 21.2. The second-order valence-corrected chi connectivity index (χ2v) is 6.18. The third kappa shape index (κ3) is 4.48. The van der Waals surface area contributed by atoms with Crippen molar-refractivity contribution in [3.05, 3.63) is 11.8 Å². The van der Waals surface area contributed by atoms with Crippen LogP contribution in [0.1, 0.15) is 44.9 Å². The number of amides is 2. The molecule has 0 atom stereocenters. The van der Waals surface area contributed by atoms with Gasteiger partial charge in [-0.3, -0.25) is 9.59 Å². The first-order valence-electron chi connectivity index (χ1n) is 8.06. The van der Waals surface area contributed by atoms with Crippen molar-refractivity contribution in [1.82, 2.24) is 10.2 Å². The zero-order valence-corrected chi connectivity index (χ0v) is 12.9. The Balaban J connectivity index is 1.89. The average molecular weight is 304 g/mol. The molecule has 120 valence electrons. The molecule has 6 heteroatoms. The molecule has 1 saturated carbocycles. The number of carbonyl (C=O) groups is 2. The second kappa shape index (κ2) is 7.83. The summed E-state index contributed by atoms with van der Waals surface area (Å²) in [5, 5.41) is 12.2. The van der Waals surface area contributed by atoms with E-state index in [2.05, 4.69) is 5.32 Å². The van der Waals surface area contributed by atoms with Crippen molar-refractivity contribution in [2.75, 3.05) is 13.1 Å². The van der Waals surface area contributed by atoms with Gasteiger partial charge in [0.05, 0.1) is 0 Å². The molecule has 1 heterocycles. The Kier molecular flexibility index (Phi) is 5.82. The molecule has 0 aromatic heterocycles. The highest BCUT2D eigenvalue weighted by atomic mass is 16.2. The van der Waals surface area contributed by atoms with Crippen LogP contribution in [0, 0.1) is 17.2 Å². The van der Waals surface area contributed by atoms with Crippen molar-refractivity contribution in [3.8, 4) is 6.07 Å². The lowest BCUT2D eigenvalue weighted by Crippen LogP contribution is -2.39. The fourth-order valence-electron chi connectivity index (χ4n) is 3.14. The first-order chi connectivity index (χ1) is 10.6. The minimum absolute atomic E-state index is 0.0914. The Morgan fingerprint density at radius 1 is 1.14 bits per heavy atom. The number of nitrogens with two attached hydrogens (primary N) is 1. The Morgan fingerprint density at radius 3 is 2.32 bits per heavy atom. The van der Waals surface area contributed by atoms with E-state index < -0.39 is 0 Å². The molecule has 0 aromatic rings. The number of piperidine rings is 1. The predicted molar refractivity (Wildman–Crippen MR) is 82.2 cm³/mol. The van der Waals surface area contributed by atoms with E-state index in [0.29, 0.717) is 25.9 Å². The van der Waals surface area contributed by atoms with Gasteiger partial charge in [0.15, 0.2) is 0 Å². The average Bonchev–Trinajstić information content (AvgIpc) is 2.53.